The lowest BCUT2D eigenvalue weighted by Gasteiger charge is -2.07. The fourth-order valence-electron chi connectivity index (χ4n) is 2.73. The van der Waals surface area contributed by atoms with Gasteiger partial charge in [0.15, 0.2) is 0 Å². The molecule has 0 atom stereocenters. The molecule has 0 N–H and O–H groups in total. The predicted octanol–water partition coefficient (Wildman–Crippen LogP) is 3.94. The molecule has 0 aliphatic heterocycles. The number of carbonyl (C=O) groups is 1. The van der Waals surface area contributed by atoms with Gasteiger partial charge in [-0.25, -0.2) is 0 Å². The number of rotatable bonds is 5. The maximum Gasteiger partial charge on any atom is 0.137 e. The Kier molecular flexibility index (Phi) is 4.36. The Morgan fingerprint density at radius 3 is 2.29 bits per heavy atom. The van der Waals surface area contributed by atoms with Crippen molar-refractivity contribution in [3.05, 3.63) is 35.4 Å². The zero-order valence-electron chi connectivity index (χ0n) is 10.7. The van der Waals surface area contributed by atoms with Crippen LogP contribution in [0, 0.1) is 5.92 Å². The normalized spacial score (nSPS) is 16.3. The molecule has 92 valence electrons. The van der Waals surface area contributed by atoms with Gasteiger partial charge in [-0.3, -0.25) is 4.79 Å². The summed E-state index contributed by atoms with van der Waals surface area (Å²) in [7, 11) is 0. The molecule has 1 fully saturated rings. The first-order valence-electron chi connectivity index (χ1n) is 6.87. The first-order chi connectivity index (χ1) is 8.28. The average molecular weight is 230 g/mol. The highest BCUT2D eigenvalue weighted by molar-refractivity contribution is 5.81. The minimum atomic E-state index is 0.418. The van der Waals surface area contributed by atoms with Crippen LogP contribution in [0.5, 0.6) is 0 Å². The number of benzene rings is 1. The molecule has 1 aromatic rings. The van der Waals surface area contributed by atoms with Crippen molar-refractivity contribution in [3.8, 4) is 0 Å². The molecule has 0 bridgehead atoms. The molecular formula is C16H22O. The molecule has 1 aromatic carbocycles. The minimum Gasteiger partial charge on any atom is -0.299 e. The highest BCUT2D eigenvalue weighted by Gasteiger charge is 2.18. The molecule has 1 nitrogen and oxygen atoms in total. The van der Waals surface area contributed by atoms with Crippen molar-refractivity contribution < 1.29 is 4.79 Å². The Morgan fingerprint density at radius 1 is 1.12 bits per heavy atom. The van der Waals surface area contributed by atoms with Crippen LogP contribution in [0.15, 0.2) is 24.3 Å². The van der Waals surface area contributed by atoms with E-state index in [1.54, 1.807) is 0 Å². The van der Waals surface area contributed by atoms with Crippen molar-refractivity contribution >= 4 is 5.78 Å². The van der Waals surface area contributed by atoms with E-state index in [0.717, 1.165) is 12.8 Å². The van der Waals surface area contributed by atoms with Crippen molar-refractivity contribution in [2.24, 2.45) is 5.92 Å². The summed E-state index contributed by atoms with van der Waals surface area (Å²) in [5.41, 5.74) is 2.52. The van der Waals surface area contributed by atoms with Crippen molar-refractivity contribution in [2.45, 2.75) is 51.9 Å². The summed E-state index contributed by atoms with van der Waals surface area (Å²) in [6, 6.07) is 8.48. The van der Waals surface area contributed by atoms with Crippen LogP contribution >= 0.6 is 0 Å². The lowest BCUT2D eigenvalue weighted by atomic mass is 9.97. The van der Waals surface area contributed by atoms with Crippen molar-refractivity contribution in [3.63, 3.8) is 0 Å². The summed E-state index contributed by atoms with van der Waals surface area (Å²) >= 11 is 0. The molecule has 0 unspecified atom stereocenters. The standard InChI is InChI=1S/C16H22O/c1-2-13-7-9-15(10-8-13)12-16(17)11-14-5-3-4-6-14/h7-10,14H,2-6,11-12H2,1H3. The molecule has 0 heterocycles. The molecule has 0 aromatic heterocycles. The van der Waals surface area contributed by atoms with Gasteiger partial charge in [0.2, 0.25) is 0 Å². The van der Waals surface area contributed by atoms with Gasteiger partial charge < -0.3 is 0 Å². The number of Topliss-reactive ketones (excluding diaryl/α,β-unsaturated/α-hetero) is 1. The van der Waals surface area contributed by atoms with Crippen LogP contribution in [-0.2, 0) is 17.6 Å². The molecular weight excluding hydrogens is 208 g/mol. The summed E-state index contributed by atoms with van der Waals surface area (Å²) in [5, 5.41) is 0. The molecule has 0 amide bonds. The highest BCUT2D eigenvalue weighted by Crippen LogP contribution is 2.28. The summed E-state index contributed by atoms with van der Waals surface area (Å²) in [6.45, 7) is 2.15. The third kappa shape index (κ3) is 3.69. The van der Waals surface area contributed by atoms with Gasteiger partial charge in [0.25, 0.3) is 0 Å². The van der Waals surface area contributed by atoms with E-state index in [0.29, 0.717) is 18.1 Å². The van der Waals surface area contributed by atoms with Crippen molar-refractivity contribution in [2.75, 3.05) is 0 Å². The van der Waals surface area contributed by atoms with Crippen molar-refractivity contribution in [1.29, 1.82) is 0 Å². The third-order valence-electron chi connectivity index (χ3n) is 3.82. The Morgan fingerprint density at radius 2 is 1.71 bits per heavy atom. The van der Waals surface area contributed by atoms with Crippen LogP contribution in [0.4, 0.5) is 0 Å². The van der Waals surface area contributed by atoms with Crippen LogP contribution < -0.4 is 0 Å². The van der Waals surface area contributed by atoms with Crippen LogP contribution in [0.3, 0.4) is 0 Å². The van der Waals surface area contributed by atoms with E-state index >= 15 is 0 Å². The highest BCUT2D eigenvalue weighted by atomic mass is 16.1. The lowest BCUT2D eigenvalue weighted by Crippen LogP contribution is -2.08. The zero-order valence-corrected chi connectivity index (χ0v) is 10.7. The first-order valence-corrected chi connectivity index (χ1v) is 6.87. The molecule has 1 saturated carbocycles. The van der Waals surface area contributed by atoms with E-state index in [1.807, 2.05) is 0 Å². The molecule has 1 aliphatic rings. The number of aryl methyl sites for hydroxylation is 1. The van der Waals surface area contributed by atoms with E-state index in [1.165, 1.54) is 36.8 Å². The van der Waals surface area contributed by atoms with Gasteiger partial charge >= 0.3 is 0 Å². The Balaban J connectivity index is 1.84. The summed E-state index contributed by atoms with van der Waals surface area (Å²) in [4.78, 5) is 11.9. The van der Waals surface area contributed by atoms with Gasteiger partial charge in [-0.15, -0.1) is 0 Å². The maximum atomic E-state index is 11.9. The van der Waals surface area contributed by atoms with E-state index in [4.69, 9.17) is 0 Å². The summed E-state index contributed by atoms with van der Waals surface area (Å²) in [6.07, 6.45) is 7.67. The molecule has 1 heteroatoms. The van der Waals surface area contributed by atoms with E-state index < -0.39 is 0 Å². The lowest BCUT2D eigenvalue weighted by molar-refractivity contribution is -0.119. The van der Waals surface area contributed by atoms with Gasteiger partial charge in [0.1, 0.15) is 5.78 Å². The van der Waals surface area contributed by atoms with E-state index in [2.05, 4.69) is 31.2 Å². The topological polar surface area (TPSA) is 17.1 Å². The van der Waals surface area contributed by atoms with Gasteiger partial charge in [-0.05, 0) is 23.5 Å². The fraction of sp³-hybridized carbons (Fsp3) is 0.562. The fourth-order valence-corrected chi connectivity index (χ4v) is 2.73. The second-order valence-electron chi connectivity index (χ2n) is 5.24. The van der Waals surface area contributed by atoms with Gasteiger partial charge in [0.05, 0.1) is 0 Å². The second kappa shape index (κ2) is 6.00. The van der Waals surface area contributed by atoms with E-state index in [-0.39, 0.29) is 0 Å². The maximum absolute atomic E-state index is 11.9. The molecule has 0 radical (unpaired) electrons. The van der Waals surface area contributed by atoms with Gasteiger partial charge in [-0.1, -0.05) is 56.9 Å². The van der Waals surface area contributed by atoms with Crippen LogP contribution in [-0.4, -0.2) is 5.78 Å². The molecule has 1 aliphatic carbocycles. The Labute approximate surface area is 104 Å². The number of hydrogen-bond acceptors (Lipinski definition) is 1. The second-order valence-corrected chi connectivity index (χ2v) is 5.24. The smallest absolute Gasteiger partial charge is 0.137 e. The number of hydrogen-bond donors (Lipinski definition) is 0. The SMILES string of the molecule is CCc1ccc(CC(=O)CC2CCCC2)cc1. The van der Waals surface area contributed by atoms with Gasteiger partial charge in [-0.2, -0.15) is 0 Å². The first kappa shape index (κ1) is 12.3. The number of carbonyl (C=O) groups excluding carboxylic acids is 1. The molecule has 17 heavy (non-hydrogen) atoms. The largest absolute Gasteiger partial charge is 0.299 e. The molecule has 0 saturated heterocycles. The Bertz CT molecular complexity index is 358. The quantitative estimate of drug-likeness (QED) is 0.748. The van der Waals surface area contributed by atoms with Crippen LogP contribution in [0.1, 0.15) is 50.2 Å². The predicted molar refractivity (Wildman–Crippen MR) is 71.1 cm³/mol. The monoisotopic (exact) mass is 230 g/mol. The summed E-state index contributed by atoms with van der Waals surface area (Å²) < 4.78 is 0. The average Bonchev–Trinajstić information content (AvgIpc) is 2.82. The molecule has 0 spiro atoms. The summed E-state index contributed by atoms with van der Waals surface area (Å²) in [5.74, 6) is 1.10. The Hall–Kier alpha value is -1.11. The van der Waals surface area contributed by atoms with Crippen molar-refractivity contribution in [1.82, 2.24) is 0 Å². The zero-order chi connectivity index (χ0) is 12.1. The number of ketones is 1. The van der Waals surface area contributed by atoms with Crippen LogP contribution in [0.2, 0.25) is 0 Å². The van der Waals surface area contributed by atoms with Crippen LogP contribution in [0.25, 0.3) is 0 Å². The van der Waals surface area contributed by atoms with E-state index in [9.17, 15) is 4.79 Å². The minimum absolute atomic E-state index is 0.418. The van der Waals surface area contributed by atoms with Gasteiger partial charge in [0, 0.05) is 12.8 Å². The molecule has 2 rings (SSSR count). The third-order valence-corrected chi connectivity index (χ3v) is 3.82.